The molecule has 0 atom stereocenters. The third kappa shape index (κ3) is 4.11. The summed E-state index contributed by atoms with van der Waals surface area (Å²) in [6, 6.07) is 3.95. The Labute approximate surface area is 169 Å². The van der Waals surface area contributed by atoms with Crippen molar-refractivity contribution < 1.29 is 27.8 Å². The van der Waals surface area contributed by atoms with Crippen molar-refractivity contribution in [1.82, 2.24) is 4.90 Å². The van der Waals surface area contributed by atoms with E-state index in [4.69, 9.17) is 4.74 Å². The lowest BCUT2D eigenvalue weighted by atomic mass is 9.66. The number of hydrogen-bond acceptors (Lipinski definition) is 3. The van der Waals surface area contributed by atoms with E-state index in [-0.39, 0.29) is 28.9 Å². The van der Waals surface area contributed by atoms with Crippen molar-refractivity contribution >= 4 is 5.91 Å². The van der Waals surface area contributed by atoms with Crippen molar-refractivity contribution in [1.29, 1.82) is 0 Å². The van der Waals surface area contributed by atoms with Crippen LogP contribution in [0.4, 0.5) is 13.2 Å². The van der Waals surface area contributed by atoms with E-state index in [1.54, 1.807) is 6.92 Å². The quantitative estimate of drug-likeness (QED) is 0.806. The van der Waals surface area contributed by atoms with Crippen LogP contribution in [0.2, 0.25) is 0 Å². The number of halogens is 3. The lowest BCUT2D eigenvalue weighted by Gasteiger charge is -2.55. The SMILES string of the molecule is Cc1cc(OC2CCC3(CC2)CN(C(=O)[C@H]2C[C@@](C)(O)C2)C3)ccc1C(F)(F)F. The van der Waals surface area contributed by atoms with Crippen molar-refractivity contribution in [2.45, 2.75) is 70.3 Å². The molecule has 3 aliphatic rings. The molecule has 0 radical (unpaired) electrons. The molecule has 3 fully saturated rings. The molecule has 4 rings (SSSR count). The van der Waals surface area contributed by atoms with Gasteiger partial charge in [0.1, 0.15) is 5.75 Å². The molecular weight excluding hydrogens is 383 g/mol. The normalized spacial score (nSPS) is 29.3. The van der Waals surface area contributed by atoms with Gasteiger partial charge in [0.05, 0.1) is 17.3 Å². The van der Waals surface area contributed by atoms with Gasteiger partial charge in [-0.15, -0.1) is 0 Å². The predicted molar refractivity (Wildman–Crippen MR) is 101 cm³/mol. The number of benzene rings is 1. The van der Waals surface area contributed by atoms with E-state index in [1.165, 1.54) is 19.1 Å². The second kappa shape index (κ2) is 6.89. The van der Waals surface area contributed by atoms with Crippen molar-refractivity contribution in [3.05, 3.63) is 29.3 Å². The number of likely N-dealkylation sites (tertiary alicyclic amines) is 1. The first kappa shape index (κ1) is 20.5. The zero-order valence-corrected chi connectivity index (χ0v) is 16.9. The van der Waals surface area contributed by atoms with Gasteiger partial charge in [0.25, 0.3) is 0 Å². The molecule has 2 aliphatic carbocycles. The van der Waals surface area contributed by atoms with Crippen LogP contribution in [0.5, 0.6) is 5.75 Å². The fraction of sp³-hybridized carbons (Fsp3) is 0.682. The summed E-state index contributed by atoms with van der Waals surface area (Å²) in [6.45, 7) is 4.77. The molecule has 1 heterocycles. The number of hydrogen-bond donors (Lipinski definition) is 1. The average molecular weight is 411 g/mol. The molecule has 1 aromatic rings. The fourth-order valence-corrected chi connectivity index (χ4v) is 5.21. The maximum Gasteiger partial charge on any atom is 0.416 e. The Kier molecular flexibility index (Phi) is 4.88. The first-order valence-electron chi connectivity index (χ1n) is 10.3. The van der Waals surface area contributed by atoms with Crippen LogP contribution in [0, 0.1) is 18.3 Å². The Balaban J connectivity index is 1.26. The second-order valence-electron chi connectivity index (χ2n) is 9.59. The number of amides is 1. The van der Waals surface area contributed by atoms with Crippen molar-refractivity contribution in [3.63, 3.8) is 0 Å². The number of carbonyl (C=O) groups is 1. The van der Waals surface area contributed by atoms with Gasteiger partial charge in [0, 0.05) is 24.4 Å². The molecule has 160 valence electrons. The zero-order valence-electron chi connectivity index (χ0n) is 16.9. The lowest BCUT2D eigenvalue weighted by Crippen LogP contribution is -2.63. The van der Waals surface area contributed by atoms with Gasteiger partial charge in [-0.05, 0) is 76.1 Å². The molecule has 2 saturated carbocycles. The first-order valence-corrected chi connectivity index (χ1v) is 10.3. The maximum absolute atomic E-state index is 12.9. The van der Waals surface area contributed by atoms with Crippen LogP contribution in [0.3, 0.4) is 0 Å². The van der Waals surface area contributed by atoms with Gasteiger partial charge in [-0.2, -0.15) is 13.2 Å². The van der Waals surface area contributed by atoms with Gasteiger partial charge in [0.15, 0.2) is 0 Å². The number of ether oxygens (including phenoxy) is 1. The van der Waals surface area contributed by atoms with Crippen LogP contribution in [0.1, 0.15) is 56.6 Å². The van der Waals surface area contributed by atoms with E-state index in [9.17, 15) is 23.1 Å². The monoisotopic (exact) mass is 411 g/mol. The van der Waals surface area contributed by atoms with Crippen LogP contribution in [-0.4, -0.2) is 40.7 Å². The van der Waals surface area contributed by atoms with Crippen LogP contribution in [-0.2, 0) is 11.0 Å². The smallest absolute Gasteiger partial charge is 0.416 e. The van der Waals surface area contributed by atoms with Gasteiger partial charge in [-0.1, -0.05) is 0 Å². The van der Waals surface area contributed by atoms with Gasteiger partial charge < -0.3 is 14.7 Å². The molecule has 0 aromatic heterocycles. The summed E-state index contributed by atoms with van der Waals surface area (Å²) < 4.78 is 44.6. The lowest BCUT2D eigenvalue weighted by molar-refractivity contribution is -0.164. The van der Waals surface area contributed by atoms with Gasteiger partial charge in [-0.25, -0.2) is 0 Å². The fourth-order valence-electron chi connectivity index (χ4n) is 5.21. The van der Waals surface area contributed by atoms with Crippen LogP contribution in [0.15, 0.2) is 18.2 Å². The first-order chi connectivity index (χ1) is 13.5. The highest BCUT2D eigenvalue weighted by atomic mass is 19.4. The Morgan fingerprint density at radius 3 is 2.34 bits per heavy atom. The van der Waals surface area contributed by atoms with Crippen molar-refractivity contribution in [3.8, 4) is 5.75 Å². The number of nitrogens with zero attached hydrogens (tertiary/aromatic N) is 1. The minimum absolute atomic E-state index is 0.00300. The highest BCUT2D eigenvalue weighted by Crippen LogP contribution is 2.47. The highest BCUT2D eigenvalue weighted by molar-refractivity contribution is 5.81. The maximum atomic E-state index is 12.9. The molecule has 29 heavy (non-hydrogen) atoms. The summed E-state index contributed by atoms with van der Waals surface area (Å²) in [5.74, 6) is 0.615. The summed E-state index contributed by atoms with van der Waals surface area (Å²) in [7, 11) is 0. The molecular formula is C22H28F3NO3. The molecule has 0 unspecified atom stereocenters. The number of aliphatic hydroxyl groups is 1. The average Bonchev–Trinajstić information content (AvgIpc) is 2.57. The number of alkyl halides is 3. The Hall–Kier alpha value is -1.76. The predicted octanol–water partition coefficient (Wildman–Crippen LogP) is 4.32. The molecule has 1 amide bonds. The summed E-state index contributed by atoms with van der Waals surface area (Å²) in [6.07, 6.45) is 0.384. The van der Waals surface area contributed by atoms with Gasteiger partial charge in [-0.3, -0.25) is 4.79 Å². The second-order valence-corrected chi connectivity index (χ2v) is 9.59. The molecule has 7 heteroatoms. The standard InChI is InChI=1S/C22H28F3NO3/c1-14-9-17(3-4-18(14)22(23,24)25)29-16-5-7-21(8-6-16)12-26(13-21)19(27)15-10-20(2,28)11-15/h3-4,9,15-16,28H,5-8,10-13H2,1-2H3/t15-,20+. The van der Waals surface area contributed by atoms with Crippen LogP contribution < -0.4 is 4.74 Å². The summed E-state index contributed by atoms with van der Waals surface area (Å²) in [5.41, 5.74) is -0.975. The largest absolute Gasteiger partial charge is 0.490 e. The van der Waals surface area contributed by atoms with E-state index >= 15 is 0 Å². The summed E-state index contributed by atoms with van der Waals surface area (Å²) in [4.78, 5) is 14.4. The molecule has 0 bridgehead atoms. The van der Waals surface area contributed by atoms with Gasteiger partial charge >= 0.3 is 6.18 Å². The van der Waals surface area contributed by atoms with Crippen molar-refractivity contribution in [2.24, 2.45) is 11.3 Å². The van der Waals surface area contributed by atoms with Crippen LogP contribution in [0.25, 0.3) is 0 Å². The van der Waals surface area contributed by atoms with E-state index in [1.807, 2.05) is 4.90 Å². The summed E-state index contributed by atoms with van der Waals surface area (Å²) in [5, 5.41) is 9.83. The Bertz CT molecular complexity index is 781. The van der Waals surface area contributed by atoms with Gasteiger partial charge in [0.2, 0.25) is 5.91 Å². The Morgan fingerprint density at radius 2 is 1.83 bits per heavy atom. The molecule has 1 N–H and O–H groups in total. The topological polar surface area (TPSA) is 49.8 Å². The molecule has 1 spiro atoms. The third-order valence-electron chi connectivity index (χ3n) is 6.89. The van der Waals surface area contributed by atoms with E-state index in [2.05, 4.69) is 0 Å². The Morgan fingerprint density at radius 1 is 1.21 bits per heavy atom. The van der Waals surface area contributed by atoms with E-state index < -0.39 is 17.3 Å². The minimum Gasteiger partial charge on any atom is -0.490 e. The number of rotatable bonds is 3. The van der Waals surface area contributed by atoms with E-state index in [0.29, 0.717) is 18.6 Å². The number of aryl methyl sites for hydroxylation is 1. The molecule has 1 aromatic carbocycles. The molecule has 4 nitrogen and oxygen atoms in total. The number of carbonyl (C=O) groups excluding carboxylic acids is 1. The molecule has 1 saturated heterocycles. The summed E-state index contributed by atoms with van der Waals surface area (Å²) >= 11 is 0. The highest BCUT2D eigenvalue weighted by Gasteiger charge is 2.51. The zero-order chi connectivity index (χ0) is 21.0. The minimum atomic E-state index is -4.34. The van der Waals surface area contributed by atoms with E-state index in [0.717, 1.165) is 44.8 Å². The van der Waals surface area contributed by atoms with Crippen LogP contribution >= 0.6 is 0 Å². The third-order valence-corrected chi connectivity index (χ3v) is 6.89. The molecule has 1 aliphatic heterocycles. The van der Waals surface area contributed by atoms with Crippen molar-refractivity contribution in [2.75, 3.05) is 13.1 Å².